The van der Waals surface area contributed by atoms with Crippen molar-refractivity contribution < 1.29 is 6.22 Å². The molecule has 3 N–H and O–H groups in total. The minimum atomic E-state index is -0.0554. The Morgan fingerprint density at radius 1 is 1.12 bits per heavy atom. The van der Waals surface area contributed by atoms with E-state index in [9.17, 15) is 4.79 Å². The van der Waals surface area contributed by atoms with Crippen LogP contribution in [0.15, 0.2) is 81.0 Å². The molecule has 2 rings (SSSR count). The molecule has 0 aromatic rings. The average Bonchev–Trinajstić information content (AvgIpc) is 3.19. The van der Waals surface area contributed by atoms with E-state index in [2.05, 4.69) is 104 Å². The Morgan fingerprint density at radius 3 is 2.23 bits per heavy atom. The van der Waals surface area contributed by atoms with Crippen molar-refractivity contribution in [1.82, 2.24) is 25.8 Å². The first kappa shape index (κ1) is 44.5. The van der Waals surface area contributed by atoms with Crippen molar-refractivity contribution in [3.8, 4) is 0 Å². The van der Waals surface area contributed by atoms with Crippen LogP contribution in [-0.2, 0) is 4.79 Å². The number of carbonyl (C=O) groups is 1. The third kappa shape index (κ3) is 16.5. The summed E-state index contributed by atoms with van der Waals surface area (Å²) < 4.78 is 0. The number of nitrogens with one attached hydrogen (secondary N) is 3. The Bertz CT molecular complexity index is 1190. The molecule has 48 heavy (non-hydrogen) atoms. The van der Waals surface area contributed by atoms with Crippen molar-refractivity contribution in [2.45, 2.75) is 113 Å². The fourth-order valence-corrected chi connectivity index (χ4v) is 5.66. The zero-order valence-electron chi connectivity index (χ0n) is 33.0. The van der Waals surface area contributed by atoms with Gasteiger partial charge in [-0.1, -0.05) is 65.8 Å². The first-order valence-electron chi connectivity index (χ1n) is 18.0. The van der Waals surface area contributed by atoms with Crippen LogP contribution in [0, 0.1) is 11.3 Å². The van der Waals surface area contributed by atoms with E-state index in [1.165, 1.54) is 29.0 Å². The van der Waals surface area contributed by atoms with Crippen molar-refractivity contribution in [3.63, 3.8) is 0 Å². The number of amides is 1. The number of nitrogens with zero attached hydrogens (tertiary/aromatic N) is 4. The van der Waals surface area contributed by atoms with E-state index in [-0.39, 0.29) is 12.9 Å². The number of allylic oxidation sites excluding steroid dienone is 8. The monoisotopic (exact) mass is 668 g/mol. The first-order valence-corrected chi connectivity index (χ1v) is 18.0. The molecule has 0 aromatic carbocycles. The van der Waals surface area contributed by atoms with Gasteiger partial charge in [0.15, 0.2) is 0 Å². The molecule has 274 valence electrons. The maximum absolute atomic E-state index is 9.43. The highest BCUT2D eigenvalue weighted by Gasteiger charge is 2.23. The fourth-order valence-electron chi connectivity index (χ4n) is 5.66. The van der Waals surface area contributed by atoms with Crippen molar-refractivity contribution in [3.05, 3.63) is 71.0 Å². The zero-order chi connectivity index (χ0) is 36.7. The molecule has 1 saturated heterocycles. The highest BCUT2D eigenvalue weighted by Crippen LogP contribution is 2.28. The van der Waals surface area contributed by atoms with Crippen LogP contribution in [0.3, 0.4) is 0 Å². The summed E-state index contributed by atoms with van der Waals surface area (Å²) in [6.45, 7) is 25.5. The number of likely N-dealkylation sites (N-methyl/N-ethyl adjacent to an activating group) is 1. The molecule has 0 aromatic heterocycles. The van der Waals surface area contributed by atoms with E-state index in [1.807, 2.05) is 41.1 Å². The van der Waals surface area contributed by atoms with Gasteiger partial charge in [-0.3, -0.25) is 14.8 Å². The Morgan fingerprint density at radius 2 is 1.75 bits per heavy atom. The molecule has 2 unspecified atom stereocenters. The number of hydrogen-bond donors (Lipinski definition) is 3. The lowest BCUT2D eigenvalue weighted by Gasteiger charge is -2.28. The van der Waals surface area contributed by atoms with Crippen LogP contribution in [0.1, 0.15) is 109 Å². The normalized spacial score (nSPS) is 19.1. The minimum absolute atomic E-state index is 0. The van der Waals surface area contributed by atoms with Crippen LogP contribution in [0.2, 0.25) is 0 Å². The van der Waals surface area contributed by atoms with E-state index in [4.69, 9.17) is 4.99 Å². The van der Waals surface area contributed by atoms with Gasteiger partial charge in [-0.15, -0.1) is 0 Å². The van der Waals surface area contributed by atoms with Gasteiger partial charge < -0.3 is 25.8 Å². The van der Waals surface area contributed by atoms with Crippen molar-refractivity contribution >= 4 is 18.5 Å². The molecule has 1 aliphatic carbocycles. The predicted octanol–water partition coefficient (Wildman–Crippen LogP) is 8.61. The molecular formula is C40H73N7O. The second kappa shape index (κ2) is 24.6. The Hall–Kier alpha value is -3.55. The maximum Gasteiger partial charge on any atom is 0.209 e. The van der Waals surface area contributed by atoms with Crippen molar-refractivity contribution in [2.24, 2.45) is 21.3 Å². The smallest absolute Gasteiger partial charge is 0.209 e. The van der Waals surface area contributed by atoms with Crippen molar-refractivity contribution in [1.29, 1.82) is 0 Å². The summed E-state index contributed by atoms with van der Waals surface area (Å²) in [6.07, 6.45) is 21.9. The topological polar surface area (TPSA) is 84.4 Å². The minimum Gasteiger partial charge on any atom is -0.387 e. The van der Waals surface area contributed by atoms with Gasteiger partial charge in [0.05, 0.1) is 11.7 Å². The molecule has 8 nitrogen and oxygen atoms in total. The number of amidine groups is 1. The number of hydrogen-bond acceptors (Lipinski definition) is 6. The molecule has 0 bridgehead atoms. The van der Waals surface area contributed by atoms with Crippen molar-refractivity contribution in [2.75, 3.05) is 41.3 Å². The SMILES string of the molecule is C=C(C)/C(=C\C(=C/C)C(C)(C)C)N/C(NC(=NC)C1CCCCN(C2=CC=CCC2)CCC1)=C(\NC)C(C)N=CC.CC.CN(C)C=O.[HH]. The third-order valence-corrected chi connectivity index (χ3v) is 8.23. The Balaban J connectivity index is 0. The van der Waals surface area contributed by atoms with Crippen LogP contribution in [-0.4, -0.2) is 75.6 Å². The standard InChI is InChI=1S/C35H58N6.C3H7NO.C2H6.H2/c1-11-29(35(6,7)8)25-31(26(3)4)39-34(32(36-9)27(5)38-12-2)40-33(37-10)28-19-16-17-23-41(24-18-20-28)30-21-14-13-15-22-30;1-4(2)3-5;1-2;/h11-14,21,25,27-28,36,39H,3,15-20,22-24H2,1-2,4-10H3,(H,37,40);3H,1-2H3;1-2H3;1H/b29-11+,31-25+,34-32+,38-12?;;;. The Kier molecular flexibility index (Phi) is 22.8. The first-order chi connectivity index (χ1) is 22.8. The summed E-state index contributed by atoms with van der Waals surface area (Å²) in [5.41, 5.74) is 5.71. The van der Waals surface area contributed by atoms with E-state index in [0.717, 1.165) is 80.2 Å². The van der Waals surface area contributed by atoms with E-state index >= 15 is 0 Å². The summed E-state index contributed by atoms with van der Waals surface area (Å²) in [6, 6.07) is -0.0554. The van der Waals surface area contributed by atoms with Gasteiger partial charge in [0.1, 0.15) is 11.7 Å². The predicted molar refractivity (Wildman–Crippen MR) is 213 cm³/mol. The van der Waals surface area contributed by atoms with Gasteiger partial charge in [0.25, 0.3) is 0 Å². The van der Waals surface area contributed by atoms with Gasteiger partial charge >= 0.3 is 0 Å². The summed E-state index contributed by atoms with van der Waals surface area (Å²) in [7, 11) is 7.25. The lowest BCUT2D eigenvalue weighted by Crippen LogP contribution is -2.40. The van der Waals surface area contributed by atoms with Gasteiger partial charge in [-0.05, 0) is 101 Å². The second-order valence-corrected chi connectivity index (χ2v) is 13.3. The summed E-state index contributed by atoms with van der Waals surface area (Å²) in [4.78, 5) is 23.0. The van der Waals surface area contributed by atoms with E-state index < -0.39 is 0 Å². The highest BCUT2D eigenvalue weighted by atomic mass is 16.1. The number of rotatable bonds is 11. The molecule has 1 heterocycles. The molecule has 1 aliphatic heterocycles. The average molecular weight is 668 g/mol. The number of aliphatic imine (C=N–C) groups is 2. The molecular weight excluding hydrogens is 594 g/mol. The molecule has 0 radical (unpaired) electrons. The number of carbonyl (C=O) groups excluding carboxylic acids is 1. The Labute approximate surface area is 296 Å². The van der Waals surface area contributed by atoms with Gasteiger partial charge in [-0.2, -0.15) is 0 Å². The fraction of sp³-hybridized carbons (Fsp3) is 0.625. The quantitative estimate of drug-likeness (QED) is 0.0890. The molecule has 0 spiro atoms. The van der Waals surface area contributed by atoms with E-state index in [0.29, 0.717) is 5.92 Å². The molecule has 1 fully saturated rings. The summed E-state index contributed by atoms with van der Waals surface area (Å²) in [5.74, 6) is 2.28. The third-order valence-electron chi connectivity index (χ3n) is 8.23. The van der Waals surface area contributed by atoms with Crippen LogP contribution >= 0.6 is 0 Å². The largest absolute Gasteiger partial charge is 0.387 e. The second-order valence-electron chi connectivity index (χ2n) is 13.3. The van der Waals surface area contributed by atoms with Crippen LogP contribution in [0.5, 0.6) is 0 Å². The lowest BCUT2D eigenvalue weighted by molar-refractivity contribution is -0.115. The maximum atomic E-state index is 9.43. The highest BCUT2D eigenvalue weighted by molar-refractivity contribution is 5.86. The molecule has 2 atom stereocenters. The summed E-state index contributed by atoms with van der Waals surface area (Å²) >= 11 is 0. The summed E-state index contributed by atoms with van der Waals surface area (Å²) in [5, 5.41) is 10.9. The van der Waals surface area contributed by atoms with Crippen LogP contribution in [0.4, 0.5) is 0 Å². The van der Waals surface area contributed by atoms with E-state index in [1.54, 1.807) is 14.1 Å². The molecule has 2 aliphatic rings. The lowest BCUT2D eigenvalue weighted by atomic mass is 9.85. The van der Waals surface area contributed by atoms with Gasteiger partial charge in [0, 0.05) is 60.0 Å². The zero-order valence-corrected chi connectivity index (χ0v) is 33.0. The van der Waals surface area contributed by atoms with Crippen LogP contribution < -0.4 is 16.0 Å². The van der Waals surface area contributed by atoms with Gasteiger partial charge in [-0.25, -0.2) is 0 Å². The molecule has 1 amide bonds. The van der Waals surface area contributed by atoms with Crippen LogP contribution in [0.25, 0.3) is 0 Å². The molecule has 0 saturated carbocycles. The molecule has 8 heteroatoms. The van der Waals surface area contributed by atoms with Gasteiger partial charge in [0.2, 0.25) is 6.41 Å².